The van der Waals surface area contributed by atoms with Crippen molar-refractivity contribution >= 4 is 50.8 Å². The smallest absolute Gasteiger partial charge is 0.330 e. The number of benzene rings is 1. The Kier molecular flexibility index (Phi) is 8.21. The van der Waals surface area contributed by atoms with Crippen LogP contribution in [0.5, 0.6) is 5.75 Å². The van der Waals surface area contributed by atoms with Crippen molar-refractivity contribution in [3.05, 3.63) is 83.2 Å². The van der Waals surface area contributed by atoms with E-state index in [9.17, 15) is 14.4 Å². The monoisotopic (exact) mass is 571 g/mol. The highest BCUT2D eigenvalue weighted by Crippen LogP contribution is 2.45. The predicted molar refractivity (Wildman–Crippen MR) is 162 cm³/mol. The maximum Gasteiger partial charge on any atom is 0.330 e. The van der Waals surface area contributed by atoms with Crippen LogP contribution < -0.4 is 25.6 Å². The Morgan fingerprint density at radius 1 is 1.07 bits per heavy atom. The van der Waals surface area contributed by atoms with Crippen molar-refractivity contribution in [2.75, 3.05) is 10.2 Å². The summed E-state index contributed by atoms with van der Waals surface area (Å²) >= 11 is 1.27. The molecule has 0 radical (unpaired) electrons. The molecule has 41 heavy (non-hydrogen) atoms. The van der Waals surface area contributed by atoms with E-state index in [0.29, 0.717) is 38.3 Å². The van der Waals surface area contributed by atoms with E-state index < -0.39 is 0 Å². The molecule has 0 unspecified atom stereocenters. The van der Waals surface area contributed by atoms with Crippen LogP contribution in [-0.2, 0) is 4.79 Å². The van der Waals surface area contributed by atoms with E-state index in [1.165, 1.54) is 18.3 Å². The summed E-state index contributed by atoms with van der Waals surface area (Å²) in [6.07, 6.45) is 8.29. The number of amides is 4. The van der Waals surface area contributed by atoms with E-state index in [0.717, 1.165) is 36.6 Å². The number of pyridine rings is 1. The number of rotatable bonds is 8. The number of para-hydroxylation sites is 1. The maximum absolute atomic E-state index is 13.5. The fraction of sp³-hybridized carbons (Fsp3) is 0.290. The lowest BCUT2D eigenvalue weighted by Gasteiger charge is -2.30. The van der Waals surface area contributed by atoms with E-state index in [4.69, 9.17) is 4.74 Å². The van der Waals surface area contributed by atoms with Gasteiger partial charge in [0, 0.05) is 30.9 Å². The molecule has 9 nitrogen and oxygen atoms in total. The lowest BCUT2D eigenvalue weighted by Crippen LogP contribution is -2.43. The molecule has 2 aliphatic rings. The minimum atomic E-state index is -0.359. The first-order valence-electron chi connectivity index (χ1n) is 13.6. The molecule has 0 saturated heterocycles. The number of hydrogen-bond donors (Lipinski definition) is 3. The van der Waals surface area contributed by atoms with Gasteiger partial charge < -0.3 is 20.7 Å². The van der Waals surface area contributed by atoms with E-state index in [1.807, 2.05) is 50.3 Å². The lowest BCUT2D eigenvalue weighted by molar-refractivity contribution is -0.119. The van der Waals surface area contributed by atoms with Gasteiger partial charge in [0.05, 0.1) is 16.8 Å². The lowest BCUT2D eigenvalue weighted by atomic mass is 9.91. The summed E-state index contributed by atoms with van der Waals surface area (Å²) in [5.41, 5.74) is 2.65. The Labute approximate surface area is 243 Å². The van der Waals surface area contributed by atoms with Crippen LogP contribution in [0.4, 0.5) is 16.2 Å². The average molecular weight is 572 g/mol. The van der Waals surface area contributed by atoms with Crippen LogP contribution >= 0.6 is 11.3 Å². The molecule has 10 heteroatoms. The standard InChI is InChI=1S/C31H33N5O4S/c1-5-23(40-24-9-7-6-8-10-24)17-18(2)19(3)36-25-15-16-32-30-26(25)27(35-31(36)39)28(41-30)29(38)34-22-13-11-21(12-14-22)33-20(4)37/h5-10,15-17,21-22H,1,11-14H2,2-4H3,(H,33,37)(H,34,38)(H,35,39)/b19-18+,23-17+/t21-,22+. The third-order valence-corrected chi connectivity index (χ3v) is 8.46. The van der Waals surface area contributed by atoms with Gasteiger partial charge in [-0.05, 0) is 75.5 Å². The molecule has 0 atom stereocenters. The van der Waals surface area contributed by atoms with Crippen LogP contribution in [0.25, 0.3) is 10.2 Å². The number of hydrogen-bond acceptors (Lipinski definition) is 6. The van der Waals surface area contributed by atoms with Crippen molar-refractivity contribution in [2.24, 2.45) is 0 Å². The van der Waals surface area contributed by atoms with Crippen LogP contribution in [0.1, 0.15) is 56.1 Å². The zero-order chi connectivity index (χ0) is 29.1. The molecule has 1 aromatic carbocycles. The SMILES string of the molecule is C=C/C(=C\C(C)=C(/C)N1C(=O)Nc2c(C(=O)N[C@H]3CC[C@@H](NC(C)=O)CC3)sc3nccc1c23)Oc1ccccc1. The molecule has 212 valence electrons. The fourth-order valence-corrected chi connectivity index (χ4v) is 6.27. The van der Waals surface area contributed by atoms with Crippen LogP contribution in [-0.4, -0.2) is 34.9 Å². The number of nitrogens with zero attached hydrogens (tertiary/aromatic N) is 2. The molecule has 1 fully saturated rings. The topological polar surface area (TPSA) is 113 Å². The van der Waals surface area contributed by atoms with Crippen LogP contribution in [0, 0.1) is 0 Å². The first-order chi connectivity index (χ1) is 19.7. The second-order valence-corrected chi connectivity index (χ2v) is 11.2. The minimum Gasteiger partial charge on any atom is -0.457 e. The number of carbonyl (C=O) groups is 3. The van der Waals surface area contributed by atoms with Gasteiger partial charge in [-0.2, -0.15) is 0 Å². The molecule has 3 aromatic rings. The quantitative estimate of drug-likeness (QED) is 0.218. The van der Waals surface area contributed by atoms with Gasteiger partial charge in [0.1, 0.15) is 21.2 Å². The zero-order valence-electron chi connectivity index (χ0n) is 23.3. The molecule has 4 amide bonds. The van der Waals surface area contributed by atoms with Gasteiger partial charge in [-0.15, -0.1) is 11.3 Å². The van der Waals surface area contributed by atoms with Gasteiger partial charge in [0.25, 0.3) is 5.91 Å². The number of anilines is 2. The van der Waals surface area contributed by atoms with Crippen LogP contribution in [0.2, 0.25) is 0 Å². The van der Waals surface area contributed by atoms with Crippen molar-refractivity contribution in [3.8, 4) is 5.75 Å². The highest BCUT2D eigenvalue weighted by Gasteiger charge is 2.34. The Morgan fingerprint density at radius 2 is 1.76 bits per heavy atom. The van der Waals surface area contributed by atoms with Gasteiger partial charge in [-0.3, -0.25) is 14.5 Å². The second-order valence-electron chi connectivity index (χ2n) is 10.2. The predicted octanol–water partition coefficient (Wildman–Crippen LogP) is 6.27. The Morgan fingerprint density at radius 3 is 2.41 bits per heavy atom. The van der Waals surface area contributed by atoms with Gasteiger partial charge in [0.15, 0.2) is 0 Å². The van der Waals surface area contributed by atoms with Gasteiger partial charge >= 0.3 is 6.03 Å². The Bertz CT molecular complexity index is 1570. The van der Waals surface area contributed by atoms with Gasteiger partial charge in [0.2, 0.25) is 5.91 Å². The highest BCUT2D eigenvalue weighted by molar-refractivity contribution is 7.21. The summed E-state index contributed by atoms with van der Waals surface area (Å²) in [5, 5.41) is 9.78. The molecule has 1 aliphatic carbocycles. The molecule has 0 spiro atoms. The third kappa shape index (κ3) is 6.02. The summed E-state index contributed by atoms with van der Waals surface area (Å²) in [5.74, 6) is 0.968. The molecular weight excluding hydrogens is 538 g/mol. The van der Waals surface area contributed by atoms with Gasteiger partial charge in [-0.25, -0.2) is 9.78 Å². The summed E-state index contributed by atoms with van der Waals surface area (Å²) in [4.78, 5) is 45.5. The molecular formula is C31H33N5O4S. The van der Waals surface area contributed by atoms with Crippen LogP contribution in [0.3, 0.4) is 0 Å². The van der Waals surface area contributed by atoms with Crippen molar-refractivity contribution in [1.82, 2.24) is 15.6 Å². The molecule has 3 heterocycles. The Balaban J connectivity index is 1.40. The molecule has 0 bridgehead atoms. The van der Waals surface area contributed by atoms with E-state index in [1.54, 1.807) is 23.2 Å². The van der Waals surface area contributed by atoms with Gasteiger partial charge in [-0.1, -0.05) is 24.8 Å². The molecule has 1 saturated carbocycles. The first-order valence-corrected chi connectivity index (χ1v) is 14.4. The van der Waals surface area contributed by atoms with Crippen molar-refractivity contribution < 1.29 is 19.1 Å². The number of nitrogens with one attached hydrogen (secondary N) is 3. The van der Waals surface area contributed by atoms with E-state index in [2.05, 4.69) is 27.5 Å². The number of allylic oxidation sites excluding steroid dienone is 4. The summed E-state index contributed by atoms with van der Waals surface area (Å²) < 4.78 is 5.95. The molecule has 3 N–H and O–H groups in total. The summed E-state index contributed by atoms with van der Waals surface area (Å²) in [7, 11) is 0. The summed E-state index contributed by atoms with van der Waals surface area (Å²) in [6, 6.07) is 11.0. The average Bonchev–Trinajstić information content (AvgIpc) is 3.33. The largest absolute Gasteiger partial charge is 0.457 e. The number of aromatic nitrogens is 1. The maximum atomic E-state index is 13.5. The molecule has 1 aliphatic heterocycles. The second kappa shape index (κ2) is 12.0. The number of urea groups is 1. The van der Waals surface area contributed by atoms with Crippen molar-refractivity contribution in [1.29, 1.82) is 0 Å². The third-order valence-electron chi connectivity index (χ3n) is 7.37. The normalized spacial score (nSPS) is 19.2. The number of thiophene rings is 1. The van der Waals surface area contributed by atoms with Crippen molar-refractivity contribution in [2.45, 2.75) is 58.5 Å². The fourth-order valence-electron chi connectivity index (χ4n) is 5.25. The number of carbonyl (C=O) groups excluding carboxylic acids is 3. The Hall–Kier alpha value is -4.44. The van der Waals surface area contributed by atoms with Crippen LogP contribution in [0.15, 0.2) is 78.4 Å². The zero-order valence-corrected chi connectivity index (χ0v) is 24.1. The molecule has 5 rings (SSSR count). The molecule has 2 aromatic heterocycles. The highest BCUT2D eigenvalue weighted by atomic mass is 32.1. The first kappa shape index (κ1) is 28.1. The van der Waals surface area contributed by atoms with E-state index >= 15 is 0 Å². The van der Waals surface area contributed by atoms with E-state index in [-0.39, 0.29) is 29.9 Å². The van der Waals surface area contributed by atoms with Crippen molar-refractivity contribution in [3.63, 3.8) is 0 Å². The summed E-state index contributed by atoms with van der Waals surface area (Å²) in [6.45, 7) is 9.15. The minimum absolute atomic E-state index is 0.00455. The number of ether oxygens (including phenoxy) is 1.